The van der Waals surface area contributed by atoms with E-state index in [1.165, 1.54) is 27.8 Å². The van der Waals surface area contributed by atoms with Gasteiger partial charge in [-0.3, -0.25) is 4.90 Å². The maximum Gasteiger partial charge on any atom is 0.0600 e. The summed E-state index contributed by atoms with van der Waals surface area (Å²) in [6.07, 6.45) is 0. The van der Waals surface area contributed by atoms with Crippen molar-refractivity contribution < 1.29 is 0 Å². The molecule has 0 aromatic heterocycles. The Kier molecular flexibility index (Phi) is 4.15. The van der Waals surface area contributed by atoms with Crippen molar-refractivity contribution in [2.24, 2.45) is 0 Å². The third kappa shape index (κ3) is 2.86. The lowest BCUT2D eigenvalue weighted by Gasteiger charge is -2.28. The molecule has 106 valence electrons. The van der Waals surface area contributed by atoms with Crippen molar-refractivity contribution >= 4 is 5.69 Å². The highest BCUT2D eigenvalue weighted by molar-refractivity contribution is 5.47. The molecule has 0 heterocycles. The fourth-order valence-corrected chi connectivity index (χ4v) is 2.76. The summed E-state index contributed by atoms with van der Waals surface area (Å²) < 4.78 is 0. The molecule has 0 bridgehead atoms. The number of nitrogens with zero attached hydrogens (tertiary/aromatic N) is 1. The molecule has 0 aliphatic carbocycles. The number of nitrogen functional groups attached to an aromatic ring is 1. The molecule has 0 aliphatic rings. The van der Waals surface area contributed by atoms with Crippen LogP contribution in [0, 0.1) is 20.8 Å². The second kappa shape index (κ2) is 5.68. The van der Waals surface area contributed by atoms with Crippen LogP contribution in [0.15, 0.2) is 36.4 Å². The zero-order valence-corrected chi connectivity index (χ0v) is 13.1. The molecule has 2 rings (SSSR count). The molecule has 2 N–H and O–H groups in total. The predicted molar refractivity (Wildman–Crippen MR) is 87.0 cm³/mol. The van der Waals surface area contributed by atoms with Crippen molar-refractivity contribution in [3.05, 3.63) is 64.2 Å². The Balaban J connectivity index is 2.57. The average molecular weight is 268 g/mol. The van der Waals surface area contributed by atoms with Crippen molar-refractivity contribution in [1.29, 1.82) is 0 Å². The first kappa shape index (κ1) is 14.6. The molecule has 2 aromatic carbocycles. The lowest BCUT2D eigenvalue weighted by atomic mass is 9.91. The number of anilines is 1. The van der Waals surface area contributed by atoms with E-state index in [2.05, 4.69) is 64.0 Å². The molecule has 0 aliphatic heterocycles. The van der Waals surface area contributed by atoms with Crippen molar-refractivity contribution in [1.82, 2.24) is 4.90 Å². The number of rotatable bonds is 3. The molecule has 2 nitrogen and oxygen atoms in total. The Bertz CT molecular complexity index is 615. The maximum absolute atomic E-state index is 5.95. The van der Waals surface area contributed by atoms with E-state index in [-0.39, 0.29) is 6.04 Å². The van der Waals surface area contributed by atoms with Gasteiger partial charge < -0.3 is 5.73 Å². The molecule has 20 heavy (non-hydrogen) atoms. The first-order chi connectivity index (χ1) is 9.40. The molecule has 0 saturated carbocycles. The third-order valence-electron chi connectivity index (χ3n) is 3.92. The fraction of sp³-hybridized carbons (Fsp3) is 0.333. The van der Waals surface area contributed by atoms with Crippen molar-refractivity contribution in [3.8, 4) is 0 Å². The van der Waals surface area contributed by atoms with Crippen molar-refractivity contribution in [2.45, 2.75) is 26.8 Å². The first-order valence-corrected chi connectivity index (χ1v) is 6.99. The fourth-order valence-electron chi connectivity index (χ4n) is 2.76. The minimum absolute atomic E-state index is 0.234. The quantitative estimate of drug-likeness (QED) is 0.857. The number of nitrogens with two attached hydrogens (primary N) is 1. The van der Waals surface area contributed by atoms with Crippen LogP contribution in [-0.2, 0) is 0 Å². The summed E-state index contributed by atoms with van der Waals surface area (Å²) >= 11 is 0. The molecule has 2 heteroatoms. The number of hydrogen-bond acceptors (Lipinski definition) is 2. The zero-order chi connectivity index (χ0) is 14.9. The van der Waals surface area contributed by atoms with Crippen LogP contribution in [0.3, 0.4) is 0 Å². The Labute approximate surface area is 122 Å². The summed E-state index contributed by atoms with van der Waals surface area (Å²) in [6, 6.07) is 13.0. The van der Waals surface area contributed by atoms with Crippen LogP contribution >= 0.6 is 0 Å². The maximum atomic E-state index is 5.95. The molecule has 0 saturated heterocycles. The highest BCUT2D eigenvalue weighted by Crippen LogP contribution is 2.31. The van der Waals surface area contributed by atoms with E-state index in [1.54, 1.807) is 0 Å². The minimum Gasteiger partial charge on any atom is -0.399 e. The monoisotopic (exact) mass is 268 g/mol. The largest absolute Gasteiger partial charge is 0.399 e. The van der Waals surface area contributed by atoms with Crippen LogP contribution < -0.4 is 5.73 Å². The highest BCUT2D eigenvalue weighted by Gasteiger charge is 2.19. The van der Waals surface area contributed by atoms with Gasteiger partial charge in [0.25, 0.3) is 0 Å². The third-order valence-corrected chi connectivity index (χ3v) is 3.92. The Morgan fingerprint density at radius 1 is 0.900 bits per heavy atom. The summed E-state index contributed by atoms with van der Waals surface area (Å²) in [4.78, 5) is 2.24. The van der Waals surface area contributed by atoms with Crippen LogP contribution in [0.5, 0.6) is 0 Å². The Hall–Kier alpha value is -1.80. The molecule has 0 spiro atoms. The van der Waals surface area contributed by atoms with Gasteiger partial charge in [0.1, 0.15) is 0 Å². The summed E-state index contributed by atoms with van der Waals surface area (Å²) in [6.45, 7) is 6.52. The second-order valence-electron chi connectivity index (χ2n) is 5.83. The predicted octanol–water partition coefficient (Wildman–Crippen LogP) is 3.85. The van der Waals surface area contributed by atoms with Gasteiger partial charge in [0, 0.05) is 5.69 Å². The average Bonchev–Trinajstić information content (AvgIpc) is 2.35. The van der Waals surface area contributed by atoms with Crippen LogP contribution in [-0.4, -0.2) is 19.0 Å². The minimum atomic E-state index is 0.234. The van der Waals surface area contributed by atoms with Crippen LogP contribution in [0.2, 0.25) is 0 Å². The van der Waals surface area contributed by atoms with Gasteiger partial charge in [0.15, 0.2) is 0 Å². The number of benzene rings is 2. The smallest absolute Gasteiger partial charge is 0.0600 e. The van der Waals surface area contributed by atoms with E-state index in [9.17, 15) is 0 Å². The Morgan fingerprint density at radius 3 is 2.15 bits per heavy atom. The van der Waals surface area contributed by atoms with E-state index >= 15 is 0 Å². The van der Waals surface area contributed by atoms with Gasteiger partial charge in [-0.05, 0) is 74.8 Å². The van der Waals surface area contributed by atoms with Crippen LogP contribution in [0.25, 0.3) is 0 Å². The van der Waals surface area contributed by atoms with E-state index in [0.717, 1.165) is 5.69 Å². The summed E-state index contributed by atoms with van der Waals surface area (Å²) in [5.74, 6) is 0. The van der Waals surface area contributed by atoms with Crippen molar-refractivity contribution in [3.63, 3.8) is 0 Å². The molecule has 0 amide bonds. The summed E-state index contributed by atoms with van der Waals surface area (Å²) in [7, 11) is 4.23. The molecule has 1 unspecified atom stereocenters. The number of aryl methyl sites for hydroxylation is 3. The number of hydrogen-bond donors (Lipinski definition) is 1. The van der Waals surface area contributed by atoms with Gasteiger partial charge in [-0.2, -0.15) is 0 Å². The SMILES string of the molecule is Cc1cc(C)c(C(c2cccc(N)c2)N(C)C)cc1C. The van der Waals surface area contributed by atoms with E-state index < -0.39 is 0 Å². The molecular formula is C18H24N2. The zero-order valence-electron chi connectivity index (χ0n) is 13.1. The van der Waals surface area contributed by atoms with Gasteiger partial charge in [-0.15, -0.1) is 0 Å². The second-order valence-corrected chi connectivity index (χ2v) is 5.83. The van der Waals surface area contributed by atoms with E-state index in [0.29, 0.717) is 0 Å². The van der Waals surface area contributed by atoms with Gasteiger partial charge in [-0.25, -0.2) is 0 Å². The highest BCUT2D eigenvalue weighted by atomic mass is 15.1. The van der Waals surface area contributed by atoms with Gasteiger partial charge in [0.2, 0.25) is 0 Å². The lowest BCUT2D eigenvalue weighted by molar-refractivity contribution is 0.341. The normalized spacial score (nSPS) is 12.7. The topological polar surface area (TPSA) is 29.3 Å². The van der Waals surface area contributed by atoms with E-state index in [1.807, 2.05) is 12.1 Å². The molecule has 0 radical (unpaired) electrons. The standard InChI is InChI=1S/C18H24N2/c1-12-9-14(3)17(10-13(12)2)18(20(4)5)15-7-6-8-16(19)11-15/h6-11,18H,19H2,1-5H3. The summed E-state index contributed by atoms with van der Waals surface area (Å²) in [5, 5.41) is 0. The molecule has 0 fully saturated rings. The summed E-state index contributed by atoms with van der Waals surface area (Å²) in [5.41, 5.74) is 13.4. The lowest BCUT2D eigenvalue weighted by Crippen LogP contribution is -2.22. The molecule has 1 atom stereocenters. The van der Waals surface area contributed by atoms with Gasteiger partial charge >= 0.3 is 0 Å². The van der Waals surface area contributed by atoms with Gasteiger partial charge in [0.05, 0.1) is 6.04 Å². The molecule has 2 aromatic rings. The van der Waals surface area contributed by atoms with E-state index in [4.69, 9.17) is 5.73 Å². The van der Waals surface area contributed by atoms with Crippen molar-refractivity contribution in [2.75, 3.05) is 19.8 Å². The van der Waals surface area contributed by atoms with Crippen LogP contribution in [0.1, 0.15) is 33.9 Å². The molecular weight excluding hydrogens is 244 g/mol. The van der Waals surface area contributed by atoms with Gasteiger partial charge in [-0.1, -0.05) is 24.3 Å². The Morgan fingerprint density at radius 2 is 1.55 bits per heavy atom. The first-order valence-electron chi connectivity index (χ1n) is 6.99. The van der Waals surface area contributed by atoms with Crippen LogP contribution in [0.4, 0.5) is 5.69 Å².